The van der Waals surface area contributed by atoms with Crippen LogP contribution in [0.5, 0.6) is 0 Å². The monoisotopic (exact) mass is 257 g/mol. The van der Waals surface area contributed by atoms with Crippen molar-refractivity contribution in [2.45, 2.75) is 33.7 Å². The summed E-state index contributed by atoms with van der Waals surface area (Å²) in [6, 6.07) is 8.99. The van der Waals surface area contributed by atoms with Crippen molar-refractivity contribution in [2.24, 2.45) is 5.73 Å². The first-order valence-electron chi connectivity index (χ1n) is 6.49. The number of hydrogen-bond donors (Lipinski definition) is 1. The molecule has 2 aromatic carbocycles. The summed E-state index contributed by atoms with van der Waals surface area (Å²) in [5.74, 6) is -0.230. The molecule has 100 valence electrons. The lowest BCUT2D eigenvalue weighted by atomic mass is 9.90. The van der Waals surface area contributed by atoms with Gasteiger partial charge in [0, 0.05) is 5.56 Å². The van der Waals surface area contributed by atoms with Gasteiger partial charge in [0.15, 0.2) is 0 Å². The van der Waals surface area contributed by atoms with Gasteiger partial charge in [-0.1, -0.05) is 29.8 Å². The first-order valence-corrected chi connectivity index (χ1v) is 6.49. The van der Waals surface area contributed by atoms with E-state index in [4.69, 9.17) is 5.73 Å². The summed E-state index contributed by atoms with van der Waals surface area (Å²) < 4.78 is 14.0. The van der Waals surface area contributed by atoms with Crippen molar-refractivity contribution >= 4 is 0 Å². The van der Waals surface area contributed by atoms with Crippen molar-refractivity contribution in [1.29, 1.82) is 0 Å². The van der Waals surface area contributed by atoms with E-state index in [-0.39, 0.29) is 5.82 Å². The van der Waals surface area contributed by atoms with Crippen LogP contribution < -0.4 is 5.73 Å². The van der Waals surface area contributed by atoms with Gasteiger partial charge in [0.05, 0.1) is 6.04 Å². The minimum atomic E-state index is -0.416. The zero-order chi connectivity index (χ0) is 14.2. The Bertz CT molecular complexity index is 594. The number of halogens is 1. The zero-order valence-corrected chi connectivity index (χ0v) is 11.9. The van der Waals surface area contributed by atoms with Gasteiger partial charge in [-0.2, -0.15) is 0 Å². The van der Waals surface area contributed by atoms with E-state index in [1.165, 1.54) is 11.6 Å². The molecule has 0 bridgehead atoms. The third kappa shape index (κ3) is 2.69. The van der Waals surface area contributed by atoms with Crippen molar-refractivity contribution in [3.63, 3.8) is 0 Å². The van der Waals surface area contributed by atoms with Crippen LogP contribution in [0.1, 0.15) is 39.4 Å². The Balaban J connectivity index is 2.53. The molecule has 0 aliphatic carbocycles. The Morgan fingerprint density at radius 1 is 0.895 bits per heavy atom. The zero-order valence-electron chi connectivity index (χ0n) is 11.9. The summed E-state index contributed by atoms with van der Waals surface area (Å²) >= 11 is 0. The molecule has 0 aromatic heterocycles. The number of hydrogen-bond acceptors (Lipinski definition) is 1. The Hall–Kier alpha value is -1.67. The lowest BCUT2D eigenvalue weighted by Crippen LogP contribution is -2.16. The fourth-order valence-corrected chi connectivity index (χ4v) is 2.72. The highest BCUT2D eigenvalue weighted by Gasteiger charge is 2.17. The maximum Gasteiger partial charge on any atom is 0.128 e. The van der Waals surface area contributed by atoms with Gasteiger partial charge in [-0.3, -0.25) is 0 Å². The van der Waals surface area contributed by atoms with E-state index in [0.717, 1.165) is 22.3 Å². The highest BCUT2D eigenvalue weighted by atomic mass is 19.1. The molecule has 0 saturated heterocycles. The second kappa shape index (κ2) is 5.14. The predicted molar refractivity (Wildman–Crippen MR) is 77.8 cm³/mol. The molecule has 0 amide bonds. The molecule has 1 atom stereocenters. The molecule has 2 rings (SSSR count). The summed E-state index contributed by atoms with van der Waals surface area (Å²) in [5, 5.41) is 0. The molecule has 0 heterocycles. The predicted octanol–water partition coefficient (Wildman–Crippen LogP) is 4.11. The van der Waals surface area contributed by atoms with Crippen LogP contribution in [0.25, 0.3) is 0 Å². The summed E-state index contributed by atoms with van der Waals surface area (Å²) in [4.78, 5) is 0. The maximum absolute atomic E-state index is 14.0. The summed E-state index contributed by atoms with van der Waals surface area (Å²) in [7, 11) is 0. The van der Waals surface area contributed by atoms with E-state index in [9.17, 15) is 4.39 Å². The van der Waals surface area contributed by atoms with Crippen molar-refractivity contribution in [1.82, 2.24) is 0 Å². The lowest BCUT2D eigenvalue weighted by molar-refractivity contribution is 0.597. The van der Waals surface area contributed by atoms with Gasteiger partial charge in [-0.25, -0.2) is 4.39 Å². The standard InChI is InChI=1S/C17H20FN/c1-10-5-6-14(15(18)9-10)17(19)16-12(3)7-11(2)8-13(16)4/h5-9,17H,19H2,1-4H3. The number of rotatable bonds is 2. The first-order chi connectivity index (χ1) is 8.90. The number of nitrogens with two attached hydrogens (primary N) is 1. The quantitative estimate of drug-likeness (QED) is 0.861. The van der Waals surface area contributed by atoms with Crippen molar-refractivity contribution < 1.29 is 4.39 Å². The molecule has 0 aliphatic heterocycles. The minimum absolute atomic E-state index is 0.230. The third-order valence-electron chi connectivity index (χ3n) is 3.54. The molecule has 0 radical (unpaired) electrons. The van der Waals surface area contributed by atoms with Crippen LogP contribution in [-0.2, 0) is 0 Å². The van der Waals surface area contributed by atoms with Gasteiger partial charge in [-0.15, -0.1) is 0 Å². The molecular formula is C17H20FN. The maximum atomic E-state index is 14.0. The molecule has 19 heavy (non-hydrogen) atoms. The highest BCUT2D eigenvalue weighted by molar-refractivity contribution is 5.44. The van der Waals surface area contributed by atoms with Crippen LogP contribution in [-0.4, -0.2) is 0 Å². The van der Waals surface area contributed by atoms with E-state index in [0.29, 0.717) is 5.56 Å². The summed E-state index contributed by atoms with van der Waals surface area (Å²) in [6.45, 7) is 7.99. The highest BCUT2D eigenvalue weighted by Crippen LogP contribution is 2.28. The van der Waals surface area contributed by atoms with Gasteiger partial charge in [-0.05, 0) is 56.0 Å². The van der Waals surface area contributed by atoms with Gasteiger partial charge < -0.3 is 5.73 Å². The number of benzene rings is 2. The molecule has 0 fully saturated rings. The van der Waals surface area contributed by atoms with E-state index in [1.807, 2.05) is 26.8 Å². The number of aryl methyl sites for hydroxylation is 4. The molecule has 1 unspecified atom stereocenters. The van der Waals surface area contributed by atoms with Gasteiger partial charge in [0.25, 0.3) is 0 Å². The Morgan fingerprint density at radius 2 is 1.47 bits per heavy atom. The molecule has 0 saturated carbocycles. The van der Waals surface area contributed by atoms with Crippen molar-refractivity contribution in [2.75, 3.05) is 0 Å². The summed E-state index contributed by atoms with van der Waals surface area (Å²) in [6.07, 6.45) is 0. The average molecular weight is 257 g/mol. The van der Waals surface area contributed by atoms with Gasteiger partial charge in [0.2, 0.25) is 0 Å². The average Bonchev–Trinajstić information content (AvgIpc) is 2.26. The molecule has 2 aromatic rings. The van der Waals surface area contributed by atoms with E-state index >= 15 is 0 Å². The van der Waals surface area contributed by atoms with Crippen LogP contribution in [0, 0.1) is 33.5 Å². The Morgan fingerprint density at radius 3 is 2.00 bits per heavy atom. The normalized spacial score (nSPS) is 12.5. The van der Waals surface area contributed by atoms with E-state index in [2.05, 4.69) is 19.1 Å². The Labute approximate surface area is 114 Å². The fraction of sp³-hybridized carbons (Fsp3) is 0.294. The van der Waals surface area contributed by atoms with Gasteiger partial charge in [0.1, 0.15) is 5.82 Å². The first kappa shape index (κ1) is 13.8. The van der Waals surface area contributed by atoms with Crippen LogP contribution >= 0.6 is 0 Å². The second-order valence-corrected chi connectivity index (χ2v) is 5.32. The fourth-order valence-electron chi connectivity index (χ4n) is 2.72. The van der Waals surface area contributed by atoms with Gasteiger partial charge >= 0.3 is 0 Å². The Kier molecular flexibility index (Phi) is 3.72. The molecule has 0 spiro atoms. The van der Waals surface area contributed by atoms with E-state index in [1.54, 1.807) is 6.07 Å². The second-order valence-electron chi connectivity index (χ2n) is 5.32. The van der Waals surface area contributed by atoms with Crippen LogP contribution in [0.4, 0.5) is 4.39 Å². The smallest absolute Gasteiger partial charge is 0.128 e. The summed E-state index contributed by atoms with van der Waals surface area (Å²) in [5.41, 5.74) is 12.2. The third-order valence-corrected chi connectivity index (χ3v) is 3.54. The molecular weight excluding hydrogens is 237 g/mol. The SMILES string of the molecule is Cc1cc(C)c(C(N)c2ccc(C)cc2F)c(C)c1. The van der Waals surface area contributed by atoms with Crippen molar-refractivity contribution in [3.8, 4) is 0 Å². The topological polar surface area (TPSA) is 26.0 Å². The van der Waals surface area contributed by atoms with Crippen LogP contribution in [0.2, 0.25) is 0 Å². The lowest BCUT2D eigenvalue weighted by Gasteiger charge is -2.19. The molecule has 1 nitrogen and oxygen atoms in total. The minimum Gasteiger partial charge on any atom is -0.320 e. The molecule has 0 aliphatic rings. The molecule has 2 heteroatoms. The molecule has 2 N–H and O–H groups in total. The van der Waals surface area contributed by atoms with Crippen LogP contribution in [0.15, 0.2) is 30.3 Å². The van der Waals surface area contributed by atoms with Crippen molar-refractivity contribution in [3.05, 3.63) is 69.5 Å². The van der Waals surface area contributed by atoms with Crippen LogP contribution in [0.3, 0.4) is 0 Å². The largest absolute Gasteiger partial charge is 0.320 e. The van der Waals surface area contributed by atoms with E-state index < -0.39 is 6.04 Å².